The molecule has 0 unspecified atom stereocenters. The lowest BCUT2D eigenvalue weighted by molar-refractivity contribution is -0.108. The molecule has 0 spiro atoms. The van der Waals surface area contributed by atoms with E-state index in [9.17, 15) is 4.79 Å². The van der Waals surface area contributed by atoms with E-state index < -0.39 is 6.29 Å². The summed E-state index contributed by atoms with van der Waals surface area (Å²) in [5, 5.41) is 23.6. The molecular weight excluding hydrogens is 580 g/mol. The number of allylic oxidation sites excluding steroid dienone is 4. The summed E-state index contributed by atoms with van der Waals surface area (Å²) in [5.74, 6) is 1.23. The number of ether oxygens (including phenoxy) is 1. The second kappa shape index (κ2) is 41.1. The second-order valence-corrected chi connectivity index (χ2v) is 8.99. The molecule has 1 saturated heterocycles. The van der Waals surface area contributed by atoms with Gasteiger partial charge in [-0.3, -0.25) is 14.7 Å². The molecule has 1 amide bonds. The Morgan fingerprint density at radius 3 is 2.28 bits per heavy atom. The third-order valence-corrected chi connectivity index (χ3v) is 5.51. The number of aliphatic hydroxyl groups excluding tert-OH is 1. The van der Waals surface area contributed by atoms with Crippen molar-refractivity contribution in [2.75, 3.05) is 44.8 Å². The van der Waals surface area contributed by atoms with Crippen LogP contribution in [0, 0.1) is 25.7 Å². The van der Waals surface area contributed by atoms with Crippen molar-refractivity contribution in [2.45, 2.75) is 74.0 Å². The number of likely N-dealkylation sites (tertiary alicyclic amines) is 1. The highest BCUT2D eigenvalue weighted by Crippen LogP contribution is 2.17. The lowest BCUT2D eigenvalue weighted by Gasteiger charge is -2.30. The van der Waals surface area contributed by atoms with E-state index in [-0.39, 0.29) is 0 Å². The quantitative estimate of drug-likeness (QED) is 0.0365. The first-order valence-electron chi connectivity index (χ1n) is 15.6. The monoisotopic (exact) mass is 642 g/mol. The van der Waals surface area contributed by atoms with Crippen LogP contribution in [-0.4, -0.2) is 84.0 Å². The van der Waals surface area contributed by atoms with Crippen molar-refractivity contribution >= 4 is 19.1 Å². The van der Waals surface area contributed by atoms with Gasteiger partial charge in [0.15, 0.2) is 6.29 Å². The Bertz CT molecular complexity index is 962. The van der Waals surface area contributed by atoms with Crippen LogP contribution in [-0.2, 0) is 9.53 Å². The highest BCUT2D eigenvalue weighted by molar-refractivity contribution is 5.47. The van der Waals surface area contributed by atoms with Gasteiger partial charge in [0.1, 0.15) is 0 Å². The van der Waals surface area contributed by atoms with Crippen LogP contribution in [0.3, 0.4) is 0 Å². The van der Waals surface area contributed by atoms with Crippen molar-refractivity contribution in [2.24, 2.45) is 10.9 Å². The minimum Gasteiger partial charge on any atom is -0.377 e. The summed E-state index contributed by atoms with van der Waals surface area (Å²) in [6.45, 7) is 25.5. The number of hydrogen-bond donors (Lipinski definition) is 4. The third kappa shape index (κ3) is 34.6. The van der Waals surface area contributed by atoms with Crippen LogP contribution in [0.2, 0.25) is 0 Å². The Labute approximate surface area is 280 Å². The maximum Gasteiger partial charge on any atom is 0.223 e. The van der Waals surface area contributed by atoms with Crippen LogP contribution in [0.25, 0.3) is 0 Å². The molecule has 0 atom stereocenters. The molecule has 0 radical (unpaired) electrons. The van der Waals surface area contributed by atoms with Crippen LogP contribution in [0.15, 0.2) is 78.1 Å². The van der Waals surface area contributed by atoms with Gasteiger partial charge in [0.05, 0.1) is 13.3 Å². The fraction of sp³-hybridized carbons (Fsp3) is 0.500. The van der Waals surface area contributed by atoms with Gasteiger partial charge in [-0.2, -0.15) is 0 Å². The van der Waals surface area contributed by atoms with E-state index in [2.05, 4.69) is 56.6 Å². The lowest BCUT2D eigenvalue weighted by Crippen LogP contribution is -2.35. The Morgan fingerprint density at radius 1 is 1.20 bits per heavy atom. The molecular formula is C36H62N6O4. The molecule has 0 aliphatic carbocycles. The predicted molar refractivity (Wildman–Crippen MR) is 196 cm³/mol. The lowest BCUT2D eigenvalue weighted by atomic mass is 9.98. The van der Waals surface area contributed by atoms with Gasteiger partial charge in [-0.05, 0) is 71.9 Å². The summed E-state index contributed by atoms with van der Waals surface area (Å²) in [6, 6.07) is 1.86. The second-order valence-electron chi connectivity index (χ2n) is 8.99. The summed E-state index contributed by atoms with van der Waals surface area (Å²) in [5.41, 5.74) is 1.44. The standard InChI is InChI=1S/C15H26N2O3.C8H11N3.C5H9NO.C4H8.C2H6.C2H2/c1-3-4-14(15(18)19)7-10-20-11-13-5-8-17(9-6-13)12-16-2;1-3-5-9-8-10-6-4-7(2)11-8;1-2-3-4-6-5-7;1-3-4-2;2*1-2/h3-4,7,13,15,18-19H,2,5-6,8-12H2,1H3;3-4,6H,1,5H2,2H3,(H,9,10,11);3-5H,2H2,1H3,(H,6,7);3-4H,1-2H3;1-2H3;1-2H/b4-3-,14-7+;;4-3+;4-3-;;. The Morgan fingerprint density at radius 2 is 1.83 bits per heavy atom. The van der Waals surface area contributed by atoms with Crippen LogP contribution < -0.4 is 10.6 Å². The van der Waals surface area contributed by atoms with Gasteiger partial charge in [0, 0.05) is 43.7 Å². The van der Waals surface area contributed by atoms with Crippen molar-refractivity contribution in [3.63, 3.8) is 0 Å². The number of aliphatic hydroxyl groups is 2. The highest BCUT2D eigenvalue weighted by atomic mass is 16.5. The smallest absolute Gasteiger partial charge is 0.223 e. The first-order valence-corrected chi connectivity index (χ1v) is 15.6. The van der Waals surface area contributed by atoms with Crippen molar-refractivity contribution in [1.29, 1.82) is 0 Å². The van der Waals surface area contributed by atoms with Crippen LogP contribution in [0.5, 0.6) is 0 Å². The van der Waals surface area contributed by atoms with Crippen molar-refractivity contribution in [3.8, 4) is 12.8 Å². The van der Waals surface area contributed by atoms with E-state index in [1.807, 2.05) is 72.8 Å². The normalized spacial score (nSPS) is 12.9. The Hall–Kier alpha value is -3.88. The van der Waals surface area contributed by atoms with E-state index >= 15 is 0 Å². The number of amides is 1. The molecule has 1 aliphatic heterocycles. The molecule has 0 saturated carbocycles. The van der Waals surface area contributed by atoms with Gasteiger partial charge in [-0.15, -0.1) is 19.4 Å². The molecule has 10 heteroatoms. The first kappa shape index (κ1) is 49.0. The van der Waals surface area contributed by atoms with E-state index in [0.29, 0.717) is 37.0 Å². The van der Waals surface area contributed by atoms with Crippen LogP contribution in [0.4, 0.5) is 5.95 Å². The van der Waals surface area contributed by atoms with Crippen LogP contribution >= 0.6 is 0 Å². The molecule has 0 aromatic carbocycles. The molecule has 1 aromatic heterocycles. The van der Waals surface area contributed by atoms with Gasteiger partial charge < -0.3 is 25.6 Å². The summed E-state index contributed by atoms with van der Waals surface area (Å²) >= 11 is 0. The number of carbonyl (C=O) groups excluding carboxylic acids is 1. The largest absolute Gasteiger partial charge is 0.377 e. The van der Waals surface area contributed by atoms with Crippen molar-refractivity contribution < 1.29 is 19.7 Å². The summed E-state index contributed by atoms with van der Waals surface area (Å²) in [4.78, 5) is 23.8. The minimum absolute atomic E-state index is 0.408. The maximum atomic E-state index is 9.52. The number of aryl methyl sites for hydroxylation is 1. The van der Waals surface area contributed by atoms with Gasteiger partial charge in [0.2, 0.25) is 12.4 Å². The number of nitrogens with zero attached hydrogens (tertiary/aromatic N) is 4. The number of aliphatic imine (C=N–C) groups is 1. The maximum absolute atomic E-state index is 9.52. The molecule has 10 nitrogen and oxygen atoms in total. The molecule has 1 fully saturated rings. The van der Waals surface area contributed by atoms with Crippen LogP contribution in [0.1, 0.15) is 66.5 Å². The van der Waals surface area contributed by atoms with E-state index in [1.54, 1.807) is 36.7 Å². The molecule has 2 rings (SSSR count). The summed E-state index contributed by atoms with van der Waals surface area (Å²) in [7, 11) is 0. The zero-order valence-corrected chi connectivity index (χ0v) is 29.4. The van der Waals surface area contributed by atoms with Crippen molar-refractivity contribution in [1.82, 2.24) is 20.2 Å². The number of nitrogens with one attached hydrogen (secondary N) is 2. The Balaban J connectivity index is -0.000000284. The van der Waals surface area contributed by atoms with E-state index in [4.69, 9.17) is 14.9 Å². The number of aromatic nitrogens is 2. The molecule has 4 N–H and O–H groups in total. The Kier molecular flexibility index (Phi) is 43.8. The molecule has 1 aromatic rings. The zero-order valence-electron chi connectivity index (χ0n) is 29.4. The minimum atomic E-state index is -1.44. The molecule has 2 heterocycles. The molecule has 260 valence electrons. The molecule has 1 aliphatic rings. The topological polar surface area (TPSA) is 132 Å². The average Bonchev–Trinajstić information content (AvgIpc) is 3.09. The zero-order chi connectivity index (χ0) is 35.8. The third-order valence-electron chi connectivity index (χ3n) is 5.51. The molecule has 0 bridgehead atoms. The van der Waals surface area contributed by atoms with Gasteiger partial charge in [0.25, 0.3) is 0 Å². The number of rotatable bonds is 14. The highest BCUT2D eigenvalue weighted by Gasteiger charge is 2.18. The first-order chi connectivity index (χ1) is 22.3. The average molecular weight is 643 g/mol. The van der Waals surface area contributed by atoms with Crippen molar-refractivity contribution in [3.05, 3.63) is 78.8 Å². The van der Waals surface area contributed by atoms with Gasteiger partial charge in [-0.25, -0.2) is 9.97 Å². The van der Waals surface area contributed by atoms with Gasteiger partial charge >= 0.3 is 0 Å². The number of terminal acetylenes is 1. The number of carbonyl (C=O) groups is 1. The summed E-state index contributed by atoms with van der Waals surface area (Å²) in [6.07, 6.45) is 26.5. The fourth-order valence-electron chi connectivity index (χ4n) is 3.20. The molecule has 46 heavy (non-hydrogen) atoms. The fourth-order valence-corrected chi connectivity index (χ4v) is 3.20. The van der Waals surface area contributed by atoms with Gasteiger partial charge in [-0.1, -0.05) is 63.3 Å². The van der Waals surface area contributed by atoms with E-state index in [1.165, 1.54) is 0 Å². The predicted octanol–water partition coefficient (Wildman–Crippen LogP) is 6.08. The number of piperidine rings is 1. The number of hydrogen-bond acceptors (Lipinski definition) is 9. The summed E-state index contributed by atoms with van der Waals surface area (Å²) < 4.78 is 5.61. The number of anilines is 1. The van der Waals surface area contributed by atoms with E-state index in [0.717, 1.165) is 51.3 Å². The SMILES string of the molecule is C#C.C/C=C\C.C=CCNc1nccc(C)n1.C=NCN1CCC(COC/C=C(\C=C/C)C(O)O)CC1.CC.CC/C=C/NC=O.